The first kappa shape index (κ1) is 24.2. The van der Waals surface area contributed by atoms with Gasteiger partial charge in [0.05, 0.1) is 12.9 Å². The van der Waals surface area contributed by atoms with Crippen LogP contribution >= 0.6 is 0 Å². The SMILES string of the molecule is CC(C)CCn1cnc2c1c(=O)n(CC(=O)Nc1cccc3ccccc13)c(=O)n2Cc1ccccc1. The molecule has 5 rings (SSSR count). The first-order chi connectivity index (χ1) is 17.9. The van der Waals surface area contributed by atoms with Gasteiger partial charge in [-0.2, -0.15) is 0 Å². The number of carbonyl (C=O) groups is 1. The van der Waals surface area contributed by atoms with Crippen LogP contribution in [0.25, 0.3) is 21.9 Å². The number of aromatic nitrogens is 4. The molecular weight excluding hydrogens is 466 g/mol. The molecule has 2 aromatic heterocycles. The lowest BCUT2D eigenvalue weighted by Crippen LogP contribution is -2.43. The van der Waals surface area contributed by atoms with Crippen molar-refractivity contribution in [3.05, 3.63) is 106 Å². The van der Waals surface area contributed by atoms with E-state index in [0.717, 1.165) is 27.3 Å². The maximum absolute atomic E-state index is 13.6. The number of amides is 1. The molecule has 1 N–H and O–H groups in total. The summed E-state index contributed by atoms with van der Waals surface area (Å²) in [4.78, 5) is 44.8. The number of nitrogens with zero attached hydrogens (tertiary/aromatic N) is 4. The third-order valence-electron chi connectivity index (χ3n) is 6.48. The number of aryl methyl sites for hydroxylation is 1. The molecule has 8 nitrogen and oxygen atoms in total. The molecule has 5 aromatic rings. The molecule has 37 heavy (non-hydrogen) atoms. The van der Waals surface area contributed by atoms with Crippen molar-refractivity contribution < 1.29 is 4.79 Å². The molecule has 3 aromatic carbocycles. The summed E-state index contributed by atoms with van der Waals surface area (Å²) in [6.45, 7) is 4.65. The minimum Gasteiger partial charge on any atom is -0.325 e. The quantitative estimate of drug-likeness (QED) is 0.349. The normalized spacial score (nSPS) is 11.4. The lowest BCUT2D eigenvalue weighted by molar-refractivity contribution is -0.116. The highest BCUT2D eigenvalue weighted by Crippen LogP contribution is 2.23. The van der Waals surface area contributed by atoms with Gasteiger partial charge in [0.15, 0.2) is 11.2 Å². The molecule has 2 heterocycles. The molecule has 1 amide bonds. The van der Waals surface area contributed by atoms with Gasteiger partial charge in [0.2, 0.25) is 5.91 Å². The van der Waals surface area contributed by atoms with Gasteiger partial charge in [0.1, 0.15) is 6.54 Å². The van der Waals surface area contributed by atoms with Crippen LogP contribution in [0.15, 0.2) is 88.7 Å². The molecule has 0 aliphatic carbocycles. The Balaban J connectivity index is 1.56. The molecular formula is C29H29N5O3. The molecule has 0 aliphatic heterocycles. The Hall–Kier alpha value is -4.46. The number of rotatable bonds is 8. The Kier molecular flexibility index (Phi) is 6.72. The van der Waals surface area contributed by atoms with Crippen molar-refractivity contribution in [1.82, 2.24) is 18.7 Å². The third-order valence-corrected chi connectivity index (χ3v) is 6.48. The van der Waals surface area contributed by atoms with Crippen molar-refractivity contribution in [2.24, 2.45) is 5.92 Å². The minimum atomic E-state index is -0.566. The highest BCUT2D eigenvalue weighted by Gasteiger charge is 2.20. The van der Waals surface area contributed by atoms with E-state index in [0.29, 0.717) is 29.3 Å². The van der Waals surface area contributed by atoms with Crippen molar-refractivity contribution in [1.29, 1.82) is 0 Å². The van der Waals surface area contributed by atoms with Crippen molar-refractivity contribution >= 4 is 33.5 Å². The van der Waals surface area contributed by atoms with Gasteiger partial charge in [0, 0.05) is 17.6 Å². The van der Waals surface area contributed by atoms with E-state index in [-0.39, 0.29) is 6.54 Å². The van der Waals surface area contributed by atoms with Crippen LogP contribution in [-0.2, 0) is 24.4 Å². The summed E-state index contributed by atoms with van der Waals surface area (Å²) < 4.78 is 4.28. The number of benzene rings is 3. The number of imidazole rings is 1. The summed E-state index contributed by atoms with van der Waals surface area (Å²) in [5, 5.41) is 4.75. The van der Waals surface area contributed by atoms with Crippen LogP contribution in [0.1, 0.15) is 25.8 Å². The predicted molar refractivity (Wildman–Crippen MR) is 146 cm³/mol. The monoisotopic (exact) mass is 495 g/mol. The van der Waals surface area contributed by atoms with Gasteiger partial charge in [-0.05, 0) is 29.4 Å². The Morgan fingerprint density at radius 3 is 2.43 bits per heavy atom. The first-order valence-electron chi connectivity index (χ1n) is 12.4. The Bertz CT molecular complexity index is 1690. The molecule has 0 radical (unpaired) electrons. The number of anilines is 1. The van der Waals surface area contributed by atoms with Crippen LogP contribution in [0.5, 0.6) is 0 Å². The average molecular weight is 496 g/mol. The average Bonchev–Trinajstić information content (AvgIpc) is 3.33. The molecule has 0 saturated heterocycles. The molecule has 188 valence electrons. The number of hydrogen-bond donors (Lipinski definition) is 1. The zero-order valence-electron chi connectivity index (χ0n) is 20.9. The largest absolute Gasteiger partial charge is 0.333 e. The highest BCUT2D eigenvalue weighted by molar-refractivity contribution is 6.02. The van der Waals surface area contributed by atoms with E-state index in [9.17, 15) is 14.4 Å². The Morgan fingerprint density at radius 2 is 1.65 bits per heavy atom. The Labute approximate surface area is 213 Å². The molecule has 0 bridgehead atoms. The third kappa shape index (κ3) is 4.95. The smallest absolute Gasteiger partial charge is 0.325 e. The molecule has 0 spiro atoms. The zero-order chi connectivity index (χ0) is 25.9. The fraction of sp³-hybridized carbons (Fsp3) is 0.241. The van der Waals surface area contributed by atoms with Crippen LogP contribution in [-0.4, -0.2) is 24.6 Å². The van der Waals surface area contributed by atoms with Crippen molar-refractivity contribution in [2.45, 2.75) is 39.9 Å². The van der Waals surface area contributed by atoms with Crippen molar-refractivity contribution in [2.75, 3.05) is 5.32 Å². The summed E-state index contributed by atoms with van der Waals surface area (Å²) in [6, 6.07) is 22.9. The lowest BCUT2D eigenvalue weighted by Gasteiger charge is -2.14. The molecule has 0 unspecified atom stereocenters. The molecule has 0 atom stereocenters. The number of hydrogen-bond acceptors (Lipinski definition) is 4. The van der Waals surface area contributed by atoms with Crippen LogP contribution in [0.4, 0.5) is 5.69 Å². The van der Waals surface area contributed by atoms with E-state index < -0.39 is 23.7 Å². The van der Waals surface area contributed by atoms with E-state index in [1.807, 2.05) is 66.7 Å². The van der Waals surface area contributed by atoms with Gasteiger partial charge in [-0.1, -0.05) is 80.6 Å². The Morgan fingerprint density at radius 1 is 0.919 bits per heavy atom. The first-order valence-corrected chi connectivity index (χ1v) is 12.4. The minimum absolute atomic E-state index is 0.239. The van der Waals surface area contributed by atoms with Gasteiger partial charge in [-0.3, -0.25) is 14.2 Å². The van der Waals surface area contributed by atoms with Crippen LogP contribution < -0.4 is 16.6 Å². The predicted octanol–water partition coefficient (Wildman–Crippen LogP) is 4.25. The maximum atomic E-state index is 13.6. The zero-order valence-corrected chi connectivity index (χ0v) is 20.9. The van der Waals surface area contributed by atoms with Crippen molar-refractivity contribution in [3.8, 4) is 0 Å². The van der Waals surface area contributed by atoms with Crippen LogP contribution in [0, 0.1) is 5.92 Å². The van der Waals surface area contributed by atoms with Gasteiger partial charge in [-0.25, -0.2) is 14.3 Å². The topological polar surface area (TPSA) is 90.9 Å². The summed E-state index contributed by atoms with van der Waals surface area (Å²) in [7, 11) is 0. The van der Waals surface area contributed by atoms with E-state index >= 15 is 0 Å². The summed E-state index contributed by atoms with van der Waals surface area (Å²) in [5.74, 6) is -0.0178. The second kappa shape index (κ2) is 10.3. The fourth-order valence-electron chi connectivity index (χ4n) is 4.52. The van der Waals surface area contributed by atoms with E-state index in [4.69, 9.17) is 0 Å². The van der Waals surface area contributed by atoms with Crippen LogP contribution in [0.2, 0.25) is 0 Å². The van der Waals surface area contributed by atoms with Gasteiger partial charge < -0.3 is 9.88 Å². The van der Waals surface area contributed by atoms with E-state index in [2.05, 4.69) is 24.1 Å². The van der Waals surface area contributed by atoms with Gasteiger partial charge in [-0.15, -0.1) is 0 Å². The lowest BCUT2D eigenvalue weighted by atomic mass is 10.1. The molecule has 0 fully saturated rings. The molecule has 0 aliphatic rings. The molecule has 8 heteroatoms. The van der Waals surface area contributed by atoms with Gasteiger partial charge >= 0.3 is 5.69 Å². The maximum Gasteiger partial charge on any atom is 0.333 e. The highest BCUT2D eigenvalue weighted by atomic mass is 16.2. The summed E-state index contributed by atoms with van der Waals surface area (Å²) in [6.07, 6.45) is 2.46. The van der Waals surface area contributed by atoms with E-state index in [1.54, 1.807) is 17.0 Å². The summed E-state index contributed by atoms with van der Waals surface area (Å²) >= 11 is 0. The standard InChI is InChI=1S/C29H29N5O3/c1-20(2)15-16-32-19-30-27-26(32)28(36)34(29(37)33(27)17-21-9-4-3-5-10-21)18-25(35)31-24-14-8-12-22-11-6-7-13-23(22)24/h3-14,19-20H,15-18H2,1-2H3,(H,31,35). The second-order valence-electron chi connectivity index (χ2n) is 9.61. The number of nitrogens with one attached hydrogen (secondary N) is 1. The van der Waals surface area contributed by atoms with Gasteiger partial charge in [0.25, 0.3) is 5.56 Å². The van der Waals surface area contributed by atoms with E-state index in [1.165, 1.54) is 4.57 Å². The van der Waals surface area contributed by atoms with Crippen LogP contribution in [0.3, 0.4) is 0 Å². The fourth-order valence-corrected chi connectivity index (χ4v) is 4.52. The van der Waals surface area contributed by atoms with Crippen molar-refractivity contribution in [3.63, 3.8) is 0 Å². The second-order valence-corrected chi connectivity index (χ2v) is 9.61. The molecule has 0 saturated carbocycles. The number of carbonyl (C=O) groups excluding carboxylic acids is 1. The number of fused-ring (bicyclic) bond motifs is 2. The summed E-state index contributed by atoms with van der Waals surface area (Å²) in [5.41, 5.74) is 1.10.